The van der Waals surface area contributed by atoms with Crippen LogP contribution in [0.25, 0.3) is 0 Å². The number of nitrogens with one attached hydrogen (secondary N) is 2. The number of hydrogen-bond acceptors (Lipinski definition) is 8. The summed E-state index contributed by atoms with van der Waals surface area (Å²) in [6, 6.07) is 4.02. The lowest BCUT2D eigenvalue weighted by Gasteiger charge is -2.52. The van der Waals surface area contributed by atoms with Gasteiger partial charge in [0.05, 0.1) is 16.2 Å². The molecule has 0 unspecified atom stereocenters. The van der Waals surface area contributed by atoms with Crippen molar-refractivity contribution in [2.75, 3.05) is 36.3 Å². The highest BCUT2D eigenvalue weighted by atomic mass is 35.5. The van der Waals surface area contributed by atoms with E-state index in [0.717, 1.165) is 63.4 Å². The number of carboxylic acid groups (broad SMARTS) is 1. The maximum atomic E-state index is 14.8. The summed E-state index contributed by atoms with van der Waals surface area (Å²) in [7, 11) is -4.28. The summed E-state index contributed by atoms with van der Waals surface area (Å²) in [5, 5.41) is 11.3. The number of aromatic nitrogens is 1. The van der Waals surface area contributed by atoms with Crippen LogP contribution in [0.2, 0.25) is 5.02 Å². The Morgan fingerprint density at radius 1 is 1.09 bits per heavy atom. The number of carboxylic acids is 1. The molecule has 9 nitrogen and oxygen atoms in total. The summed E-state index contributed by atoms with van der Waals surface area (Å²) in [4.78, 5) is 14.1. The van der Waals surface area contributed by atoms with Gasteiger partial charge in [0.2, 0.25) is 0 Å². The maximum Gasteiger partial charge on any atom is 0.490 e. The molecular weight excluding hydrogens is 662 g/mol. The lowest BCUT2D eigenvalue weighted by atomic mass is 9.73. The van der Waals surface area contributed by atoms with Gasteiger partial charge in [-0.2, -0.15) is 13.2 Å². The molecule has 0 atom stereocenters. The van der Waals surface area contributed by atoms with Crippen LogP contribution in [0.3, 0.4) is 0 Å². The first-order chi connectivity index (χ1) is 20.6. The molecule has 3 heterocycles. The summed E-state index contributed by atoms with van der Waals surface area (Å²) in [6.07, 6.45) is -3.17. The number of aliphatic carboxylic acids is 1. The molecule has 2 aliphatic rings. The van der Waals surface area contributed by atoms with Crippen molar-refractivity contribution in [3.8, 4) is 0 Å². The molecule has 240 valence electrons. The number of alkyl halides is 3. The highest BCUT2D eigenvalue weighted by Crippen LogP contribution is 2.41. The number of anilines is 2. The summed E-state index contributed by atoms with van der Waals surface area (Å²) >= 11 is 7.42. The van der Waals surface area contributed by atoms with Crippen molar-refractivity contribution < 1.29 is 49.4 Å². The smallest absolute Gasteiger partial charge is 0.475 e. The number of thiazole rings is 1. The van der Waals surface area contributed by atoms with Gasteiger partial charge in [0.25, 0.3) is 10.0 Å². The largest absolute Gasteiger partial charge is 0.490 e. The number of sulfonamides is 1. The van der Waals surface area contributed by atoms with Crippen molar-refractivity contribution in [2.45, 2.75) is 37.0 Å². The van der Waals surface area contributed by atoms with E-state index in [1.807, 2.05) is 0 Å². The van der Waals surface area contributed by atoms with Gasteiger partial charge < -0.3 is 15.2 Å². The van der Waals surface area contributed by atoms with Gasteiger partial charge in [0.1, 0.15) is 22.3 Å². The third-order valence-corrected chi connectivity index (χ3v) is 9.32. The number of likely N-dealkylation sites (tertiary alicyclic amines) is 1. The second-order valence-electron chi connectivity index (χ2n) is 10.1. The first-order valence-electron chi connectivity index (χ1n) is 12.8. The quantitative estimate of drug-likeness (QED) is 0.252. The van der Waals surface area contributed by atoms with E-state index in [2.05, 4.69) is 19.9 Å². The predicted octanol–water partition coefficient (Wildman–Crippen LogP) is 5.87. The molecule has 1 aromatic heterocycles. The zero-order valence-electron chi connectivity index (χ0n) is 22.6. The molecule has 2 aromatic carbocycles. The molecule has 0 radical (unpaired) electrons. The van der Waals surface area contributed by atoms with Crippen molar-refractivity contribution in [3.05, 3.63) is 68.8 Å². The molecule has 3 aromatic rings. The van der Waals surface area contributed by atoms with E-state index in [1.165, 1.54) is 22.2 Å². The minimum Gasteiger partial charge on any atom is -0.475 e. The Labute approximate surface area is 256 Å². The number of carbonyl (C=O) groups is 1. The van der Waals surface area contributed by atoms with Gasteiger partial charge in [0.15, 0.2) is 5.82 Å². The standard InChI is InChI=1S/C24H24ClF3N4O3S2.C2HF3O2/c25-17-7-22(37(33,34)31-23-11-36-14-30-23)20(28)8-21(17)29-9-15-16(19(27)2-1-18(15)26)10-32-12-24(13-32)3-5-35-6-4-24;3-2(4,5)1(6)7/h1-2,7-8,11,14,29,31H,3-6,9-10,12-13H2;(H,6,7). The van der Waals surface area contributed by atoms with Crippen molar-refractivity contribution in [1.82, 2.24) is 9.88 Å². The predicted molar refractivity (Wildman–Crippen MR) is 149 cm³/mol. The molecule has 5 rings (SSSR count). The van der Waals surface area contributed by atoms with Crippen LogP contribution in [0.4, 0.5) is 37.8 Å². The number of benzene rings is 2. The fourth-order valence-electron chi connectivity index (χ4n) is 4.87. The average Bonchev–Trinajstić information content (AvgIpc) is 3.43. The summed E-state index contributed by atoms with van der Waals surface area (Å²) in [6.45, 7) is 3.09. The first kappa shape index (κ1) is 33.8. The van der Waals surface area contributed by atoms with E-state index in [0.29, 0.717) is 0 Å². The molecule has 0 aliphatic carbocycles. The Morgan fingerprint density at radius 3 is 2.27 bits per heavy atom. The van der Waals surface area contributed by atoms with E-state index >= 15 is 0 Å². The van der Waals surface area contributed by atoms with Crippen molar-refractivity contribution in [3.63, 3.8) is 0 Å². The fraction of sp³-hybridized carbons (Fsp3) is 0.385. The Kier molecular flexibility index (Phi) is 10.3. The van der Waals surface area contributed by atoms with Crippen LogP contribution in [0, 0.1) is 22.9 Å². The molecule has 3 N–H and O–H groups in total. The molecule has 18 heteroatoms. The number of rotatable bonds is 8. The molecule has 2 saturated heterocycles. The van der Waals surface area contributed by atoms with E-state index in [9.17, 15) is 34.8 Å². The highest BCUT2D eigenvalue weighted by Gasteiger charge is 2.44. The minimum absolute atomic E-state index is 0.0477. The fourth-order valence-corrected chi connectivity index (χ4v) is 6.80. The normalized spacial score (nSPS) is 16.5. The first-order valence-corrected chi connectivity index (χ1v) is 15.6. The average molecular weight is 687 g/mol. The van der Waals surface area contributed by atoms with Gasteiger partial charge in [-0.25, -0.2) is 31.4 Å². The van der Waals surface area contributed by atoms with Gasteiger partial charge >= 0.3 is 12.1 Å². The Bertz CT molecular complexity index is 1600. The number of ether oxygens (including phenoxy) is 1. The second kappa shape index (κ2) is 13.5. The van der Waals surface area contributed by atoms with E-state index < -0.39 is 44.5 Å². The zero-order valence-corrected chi connectivity index (χ0v) is 24.9. The Morgan fingerprint density at radius 2 is 1.70 bits per heavy atom. The Balaban J connectivity index is 0.000000566. The lowest BCUT2D eigenvalue weighted by molar-refractivity contribution is -0.192. The Hall–Kier alpha value is -3.12. The molecule has 2 fully saturated rings. The zero-order chi connectivity index (χ0) is 32.3. The molecular formula is C26H25ClF6N4O5S2. The number of hydrogen-bond donors (Lipinski definition) is 3. The summed E-state index contributed by atoms with van der Waals surface area (Å²) in [5.74, 6) is -4.89. The van der Waals surface area contributed by atoms with Gasteiger partial charge in [-0.15, -0.1) is 11.3 Å². The van der Waals surface area contributed by atoms with Gasteiger partial charge in [-0.3, -0.25) is 9.62 Å². The lowest BCUT2D eigenvalue weighted by Crippen LogP contribution is -2.57. The van der Waals surface area contributed by atoms with Crippen molar-refractivity contribution >= 4 is 50.4 Å². The van der Waals surface area contributed by atoms with Gasteiger partial charge in [-0.05, 0) is 37.1 Å². The molecule has 1 spiro atoms. The van der Waals surface area contributed by atoms with Crippen LogP contribution < -0.4 is 10.0 Å². The molecule has 2 aliphatic heterocycles. The molecule has 0 amide bonds. The maximum absolute atomic E-state index is 14.8. The topological polar surface area (TPSA) is 121 Å². The second-order valence-corrected chi connectivity index (χ2v) is 12.9. The van der Waals surface area contributed by atoms with Crippen LogP contribution in [0.1, 0.15) is 24.0 Å². The van der Waals surface area contributed by atoms with Crippen molar-refractivity contribution in [2.24, 2.45) is 5.41 Å². The summed E-state index contributed by atoms with van der Waals surface area (Å²) in [5.41, 5.74) is 1.98. The van der Waals surface area contributed by atoms with Gasteiger partial charge in [0, 0.05) is 61.3 Å². The third kappa shape index (κ3) is 8.12. The van der Waals surface area contributed by atoms with E-state index in [4.69, 9.17) is 26.2 Å². The van der Waals surface area contributed by atoms with Crippen LogP contribution in [0.5, 0.6) is 0 Å². The van der Waals surface area contributed by atoms with E-state index in [-0.39, 0.29) is 46.2 Å². The monoisotopic (exact) mass is 686 g/mol. The van der Waals surface area contributed by atoms with Crippen LogP contribution in [-0.4, -0.2) is 61.9 Å². The molecule has 44 heavy (non-hydrogen) atoms. The van der Waals surface area contributed by atoms with Gasteiger partial charge in [-0.1, -0.05) is 11.6 Å². The van der Waals surface area contributed by atoms with Crippen LogP contribution in [-0.2, 0) is 32.6 Å². The minimum atomic E-state index is -5.08. The number of halogens is 7. The van der Waals surface area contributed by atoms with Crippen LogP contribution in [0.15, 0.2) is 40.1 Å². The number of nitrogens with zero attached hydrogens (tertiary/aromatic N) is 2. The van der Waals surface area contributed by atoms with Crippen molar-refractivity contribution in [1.29, 1.82) is 0 Å². The van der Waals surface area contributed by atoms with E-state index in [1.54, 1.807) is 0 Å². The van der Waals surface area contributed by atoms with Crippen LogP contribution >= 0.6 is 22.9 Å². The SMILES string of the molecule is O=C(O)C(F)(F)F.O=S(=O)(Nc1cscn1)c1cc(Cl)c(NCc2c(F)ccc(F)c2CN2CC3(CCOCC3)C2)cc1F. The molecule has 0 saturated carbocycles. The highest BCUT2D eigenvalue weighted by molar-refractivity contribution is 7.92. The summed E-state index contributed by atoms with van der Waals surface area (Å²) < 4.78 is 109. The third-order valence-electron chi connectivity index (χ3n) is 7.05. The molecule has 0 bridgehead atoms.